The summed E-state index contributed by atoms with van der Waals surface area (Å²) in [5, 5.41) is 17.3. The quantitative estimate of drug-likeness (QED) is 0.822. The minimum absolute atomic E-state index is 0.00738. The van der Waals surface area contributed by atoms with E-state index in [-0.39, 0.29) is 19.7 Å². The first-order valence-corrected chi connectivity index (χ1v) is 5.88. The Morgan fingerprint density at radius 2 is 1.80 bits per heavy atom. The van der Waals surface area contributed by atoms with E-state index in [2.05, 4.69) is 0 Å². The van der Waals surface area contributed by atoms with Crippen LogP contribution in [0.2, 0.25) is 5.02 Å². The number of aromatic carboxylic acids is 2. The molecule has 0 aromatic heterocycles. The van der Waals surface area contributed by atoms with E-state index < -0.39 is 33.1 Å². The maximum absolute atomic E-state index is 10.8. The van der Waals surface area contributed by atoms with Crippen molar-refractivity contribution in [3.05, 3.63) is 31.9 Å². The molecule has 2 N–H and O–H groups in total. The SMILES string of the molecule is O=Ic1c(Cl)cc(C(=O)O)cc1C(=O)O. The van der Waals surface area contributed by atoms with Gasteiger partial charge < -0.3 is 10.2 Å². The van der Waals surface area contributed by atoms with Gasteiger partial charge in [0.1, 0.15) is 0 Å². The van der Waals surface area contributed by atoms with E-state index in [4.69, 9.17) is 21.8 Å². The fraction of sp³-hybridized carbons (Fsp3) is 0. The number of hydrogen-bond acceptors (Lipinski definition) is 3. The van der Waals surface area contributed by atoms with Crippen LogP contribution >= 0.6 is 32.8 Å². The Bertz CT molecular complexity index is 457. The Labute approximate surface area is 99.3 Å². The highest BCUT2D eigenvalue weighted by Gasteiger charge is 2.17. The lowest BCUT2D eigenvalue weighted by Crippen LogP contribution is -2.05. The molecule has 0 aliphatic carbocycles. The van der Waals surface area contributed by atoms with Crippen molar-refractivity contribution < 1.29 is 22.9 Å². The summed E-state index contributed by atoms with van der Waals surface area (Å²) in [5.41, 5.74) is -0.554. The maximum Gasteiger partial charge on any atom is 0.336 e. The Hall–Kier alpha value is -1.02. The van der Waals surface area contributed by atoms with Gasteiger partial charge in [-0.3, -0.25) is 3.07 Å². The predicted molar refractivity (Wildman–Crippen MR) is 58.8 cm³/mol. The summed E-state index contributed by atoms with van der Waals surface area (Å²) in [6.07, 6.45) is 0. The van der Waals surface area contributed by atoms with Crippen LogP contribution in [0.5, 0.6) is 0 Å². The molecule has 5 nitrogen and oxygen atoms in total. The molecule has 0 aliphatic heterocycles. The third kappa shape index (κ3) is 2.51. The van der Waals surface area contributed by atoms with Crippen LogP contribution in [-0.4, -0.2) is 22.2 Å². The monoisotopic (exact) mass is 342 g/mol. The van der Waals surface area contributed by atoms with Gasteiger partial charge in [0.15, 0.2) is 21.2 Å². The molecular weight excluding hydrogens is 338 g/mol. The first-order chi connectivity index (χ1) is 6.97. The second-order valence-electron chi connectivity index (χ2n) is 2.51. The number of carboxylic acid groups (broad SMARTS) is 2. The Kier molecular flexibility index (Phi) is 3.75. The van der Waals surface area contributed by atoms with Crippen LogP contribution in [0.1, 0.15) is 20.7 Å². The maximum atomic E-state index is 10.8. The van der Waals surface area contributed by atoms with Crippen LogP contribution in [0.4, 0.5) is 0 Å². The number of carbonyl (C=O) groups is 2. The fourth-order valence-electron chi connectivity index (χ4n) is 0.947. The average molecular weight is 342 g/mol. The summed E-state index contributed by atoms with van der Waals surface area (Å²) in [6, 6.07) is 2.03. The molecule has 0 heterocycles. The van der Waals surface area contributed by atoms with Gasteiger partial charge in [-0.05, 0) is 12.1 Å². The van der Waals surface area contributed by atoms with E-state index in [1.165, 1.54) is 0 Å². The van der Waals surface area contributed by atoms with Crippen LogP contribution in [-0.2, 0) is 3.07 Å². The number of carboxylic acids is 2. The Balaban J connectivity index is 3.52. The summed E-state index contributed by atoms with van der Waals surface area (Å²) < 4.78 is 10.8. The molecule has 80 valence electrons. The molecule has 0 aliphatic rings. The first-order valence-electron chi connectivity index (χ1n) is 3.54. The molecule has 0 radical (unpaired) electrons. The normalized spacial score (nSPS) is 9.93. The zero-order valence-corrected chi connectivity index (χ0v) is 9.94. The third-order valence-corrected chi connectivity index (χ3v) is 3.80. The molecular formula is C8H4ClIO5. The van der Waals surface area contributed by atoms with E-state index in [0.717, 1.165) is 12.1 Å². The second-order valence-corrected chi connectivity index (χ2v) is 4.43. The Morgan fingerprint density at radius 1 is 1.20 bits per heavy atom. The molecule has 0 unspecified atom stereocenters. The van der Waals surface area contributed by atoms with Crippen molar-refractivity contribution in [1.29, 1.82) is 0 Å². The van der Waals surface area contributed by atoms with Gasteiger partial charge in [0.2, 0.25) is 0 Å². The average Bonchev–Trinajstić information content (AvgIpc) is 2.16. The highest BCUT2D eigenvalue weighted by atomic mass is 127. The van der Waals surface area contributed by atoms with Gasteiger partial charge in [0.25, 0.3) is 0 Å². The lowest BCUT2D eigenvalue weighted by Gasteiger charge is -2.02. The van der Waals surface area contributed by atoms with Crippen LogP contribution in [0, 0.1) is 3.57 Å². The number of halogens is 2. The van der Waals surface area contributed by atoms with Crippen LogP contribution in [0.25, 0.3) is 0 Å². The number of hydrogen-bond donors (Lipinski definition) is 2. The molecule has 0 spiro atoms. The molecule has 1 aromatic carbocycles. The van der Waals surface area contributed by atoms with E-state index in [1.54, 1.807) is 0 Å². The number of rotatable bonds is 3. The molecule has 0 saturated carbocycles. The van der Waals surface area contributed by atoms with Crippen LogP contribution in [0.15, 0.2) is 12.1 Å². The van der Waals surface area contributed by atoms with Crippen molar-refractivity contribution in [2.75, 3.05) is 0 Å². The lowest BCUT2D eigenvalue weighted by molar-refractivity contribution is 0.0695. The molecule has 7 heteroatoms. The van der Waals surface area contributed by atoms with Crippen LogP contribution < -0.4 is 0 Å². The topological polar surface area (TPSA) is 91.7 Å². The van der Waals surface area contributed by atoms with Gasteiger partial charge in [-0.15, -0.1) is 0 Å². The minimum Gasteiger partial charge on any atom is -0.478 e. The lowest BCUT2D eigenvalue weighted by atomic mass is 10.1. The van der Waals surface area contributed by atoms with Gasteiger partial charge in [-0.2, -0.15) is 0 Å². The highest BCUT2D eigenvalue weighted by molar-refractivity contribution is 14.1. The molecule has 0 amide bonds. The van der Waals surface area contributed by atoms with E-state index in [0.29, 0.717) is 0 Å². The largest absolute Gasteiger partial charge is 0.478 e. The van der Waals surface area contributed by atoms with Gasteiger partial charge in [0, 0.05) is 0 Å². The molecule has 15 heavy (non-hydrogen) atoms. The predicted octanol–water partition coefficient (Wildman–Crippen LogP) is 2.22. The van der Waals surface area contributed by atoms with Crippen molar-refractivity contribution in [3.8, 4) is 0 Å². The van der Waals surface area contributed by atoms with Crippen LogP contribution in [0.3, 0.4) is 0 Å². The van der Waals surface area contributed by atoms with Crippen molar-refractivity contribution in [2.24, 2.45) is 0 Å². The summed E-state index contributed by atoms with van der Waals surface area (Å²) >= 11 is 3.87. The summed E-state index contributed by atoms with van der Waals surface area (Å²) in [6.45, 7) is 0. The van der Waals surface area contributed by atoms with Crippen molar-refractivity contribution in [2.45, 2.75) is 0 Å². The highest BCUT2D eigenvalue weighted by Crippen LogP contribution is 2.27. The molecule has 0 bridgehead atoms. The summed E-state index contributed by atoms with van der Waals surface area (Å²) in [4.78, 5) is 21.3. The van der Waals surface area contributed by atoms with E-state index >= 15 is 0 Å². The van der Waals surface area contributed by atoms with Crippen molar-refractivity contribution in [3.63, 3.8) is 0 Å². The van der Waals surface area contributed by atoms with Gasteiger partial charge >= 0.3 is 11.9 Å². The molecule has 1 rings (SSSR count). The van der Waals surface area contributed by atoms with Gasteiger partial charge in [-0.1, -0.05) is 11.6 Å². The van der Waals surface area contributed by atoms with Crippen molar-refractivity contribution in [1.82, 2.24) is 0 Å². The number of benzene rings is 1. The fourth-order valence-corrected chi connectivity index (χ4v) is 2.35. The third-order valence-electron chi connectivity index (χ3n) is 1.58. The summed E-state index contributed by atoms with van der Waals surface area (Å²) in [7, 11) is 0. The molecule has 0 fully saturated rings. The molecule has 1 aromatic rings. The molecule has 0 atom stereocenters. The summed E-state index contributed by atoms with van der Waals surface area (Å²) in [5.74, 6) is -2.62. The smallest absolute Gasteiger partial charge is 0.336 e. The van der Waals surface area contributed by atoms with Gasteiger partial charge in [0.05, 0.1) is 19.7 Å². The molecule has 0 saturated heterocycles. The standard InChI is InChI=1S/C8H4ClIO5/c9-5-2-3(7(11)12)1-4(8(13)14)6(5)10-15/h1-2H,(H,11,12)(H,13,14). The zero-order chi connectivity index (χ0) is 11.6. The van der Waals surface area contributed by atoms with E-state index in [9.17, 15) is 12.7 Å². The minimum atomic E-state index is -1.76. The van der Waals surface area contributed by atoms with Crippen molar-refractivity contribution >= 4 is 44.7 Å². The second kappa shape index (κ2) is 4.67. The van der Waals surface area contributed by atoms with E-state index in [1.807, 2.05) is 0 Å². The zero-order valence-electron chi connectivity index (χ0n) is 7.03. The van der Waals surface area contributed by atoms with Gasteiger partial charge in [-0.25, -0.2) is 9.59 Å². The first kappa shape index (κ1) is 12.1. The Morgan fingerprint density at radius 3 is 2.20 bits per heavy atom.